The Bertz CT molecular complexity index is 622. The molecule has 5 heteroatoms. The zero-order valence-corrected chi connectivity index (χ0v) is 10.4. The molecule has 0 radical (unpaired) electrons. The molecule has 2 aromatic rings. The largest absolute Gasteiger partial charge is 0.330 e. The number of pyridine rings is 1. The van der Waals surface area contributed by atoms with Gasteiger partial charge in [-0.25, -0.2) is 9.78 Å². The maximum absolute atomic E-state index is 12.2. The maximum atomic E-state index is 12.2. The highest BCUT2D eigenvalue weighted by Gasteiger charge is 2.23. The van der Waals surface area contributed by atoms with Crippen molar-refractivity contribution in [3.63, 3.8) is 0 Å². The van der Waals surface area contributed by atoms with Crippen LogP contribution in [-0.4, -0.2) is 14.1 Å². The van der Waals surface area contributed by atoms with Gasteiger partial charge in [-0.1, -0.05) is 24.4 Å². The standard InChI is InChI=1S/C12H14ClN3O/c1-15-10-6-8(13)7-14-11(10)16(12(15)17)9-4-2-3-5-9/h6-7,9H,2-5H2,1H3. The fourth-order valence-corrected chi connectivity index (χ4v) is 2.85. The molecule has 2 heterocycles. The molecule has 0 atom stereocenters. The Morgan fingerprint density at radius 1 is 1.41 bits per heavy atom. The zero-order chi connectivity index (χ0) is 12.0. The van der Waals surface area contributed by atoms with Crippen molar-refractivity contribution >= 4 is 22.8 Å². The summed E-state index contributed by atoms with van der Waals surface area (Å²) in [6.45, 7) is 0. The second-order valence-electron chi connectivity index (χ2n) is 4.65. The van der Waals surface area contributed by atoms with E-state index >= 15 is 0 Å². The number of aryl methyl sites for hydroxylation is 1. The van der Waals surface area contributed by atoms with E-state index in [0.717, 1.165) is 24.0 Å². The third-order valence-corrected chi connectivity index (χ3v) is 3.79. The van der Waals surface area contributed by atoms with E-state index in [2.05, 4.69) is 4.98 Å². The molecule has 17 heavy (non-hydrogen) atoms. The Morgan fingerprint density at radius 2 is 2.12 bits per heavy atom. The lowest BCUT2D eigenvalue weighted by Crippen LogP contribution is -2.25. The number of rotatable bonds is 1. The third kappa shape index (κ3) is 1.59. The number of halogens is 1. The summed E-state index contributed by atoms with van der Waals surface area (Å²) in [7, 11) is 1.77. The van der Waals surface area contributed by atoms with Crippen LogP contribution in [0.15, 0.2) is 17.1 Å². The highest BCUT2D eigenvalue weighted by atomic mass is 35.5. The molecule has 1 aliphatic rings. The van der Waals surface area contributed by atoms with Gasteiger partial charge in [0.2, 0.25) is 0 Å². The van der Waals surface area contributed by atoms with Crippen molar-refractivity contribution in [2.24, 2.45) is 7.05 Å². The SMILES string of the molecule is Cn1c(=O)n(C2CCCC2)c2ncc(Cl)cc21. The second-order valence-corrected chi connectivity index (χ2v) is 5.08. The first-order valence-corrected chi connectivity index (χ1v) is 6.29. The Morgan fingerprint density at radius 3 is 2.82 bits per heavy atom. The van der Waals surface area contributed by atoms with Crippen molar-refractivity contribution < 1.29 is 0 Å². The van der Waals surface area contributed by atoms with Crippen LogP contribution in [-0.2, 0) is 7.05 Å². The molecular weight excluding hydrogens is 238 g/mol. The molecule has 0 spiro atoms. The van der Waals surface area contributed by atoms with E-state index in [0.29, 0.717) is 11.1 Å². The number of aromatic nitrogens is 3. The van der Waals surface area contributed by atoms with Gasteiger partial charge >= 0.3 is 5.69 Å². The fourth-order valence-electron chi connectivity index (χ4n) is 2.70. The highest BCUT2D eigenvalue weighted by molar-refractivity contribution is 6.31. The van der Waals surface area contributed by atoms with Crippen molar-refractivity contribution in [3.05, 3.63) is 27.8 Å². The quantitative estimate of drug-likeness (QED) is 0.781. The first-order valence-electron chi connectivity index (χ1n) is 5.91. The number of hydrogen-bond acceptors (Lipinski definition) is 2. The van der Waals surface area contributed by atoms with Crippen LogP contribution in [0.1, 0.15) is 31.7 Å². The monoisotopic (exact) mass is 251 g/mol. The highest BCUT2D eigenvalue weighted by Crippen LogP contribution is 2.30. The van der Waals surface area contributed by atoms with Crippen LogP contribution in [0.2, 0.25) is 5.02 Å². The van der Waals surface area contributed by atoms with Crippen molar-refractivity contribution in [2.75, 3.05) is 0 Å². The van der Waals surface area contributed by atoms with Crippen LogP contribution >= 0.6 is 11.6 Å². The van der Waals surface area contributed by atoms with Gasteiger partial charge in [0, 0.05) is 19.3 Å². The molecule has 0 saturated heterocycles. The Kier molecular flexibility index (Phi) is 2.47. The Balaban J connectivity index is 2.30. The van der Waals surface area contributed by atoms with Crippen LogP contribution < -0.4 is 5.69 Å². The van der Waals surface area contributed by atoms with Crippen LogP contribution in [0.3, 0.4) is 0 Å². The van der Waals surface area contributed by atoms with Crippen molar-refractivity contribution in [1.29, 1.82) is 0 Å². The Labute approximate surface area is 104 Å². The molecule has 1 saturated carbocycles. The summed E-state index contributed by atoms with van der Waals surface area (Å²) in [6.07, 6.45) is 6.14. The minimum absolute atomic E-state index is 0.0154. The Hall–Kier alpha value is -1.29. The van der Waals surface area contributed by atoms with Crippen molar-refractivity contribution in [2.45, 2.75) is 31.7 Å². The minimum atomic E-state index is 0.0154. The summed E-state index contributed by atoms with van der Waals surface area (Å²) in [4.78, 5) is 16.5. The van der Waals surface area contributed by atoms with Gasteiger partial charge < -0.3 is 0 Å². The predicted molar refractivity (Wildman–Crippen MR) is 67.5 cm³/mol. The van der Waals surface area contributed by atoms with Gasteiger partial charge in [-0.3, -0.25) is 9.13 Å². The van der Waals surface area contributed by atoms with Gasteiger partial charge in [-0.05, 0) is 18.9 Å². The van der Waals surface area contributed by atoms with Crippen molar-refractivity contribution in [3.8, 4) is 0 Å². The van der Waals surface area contributed by atoms with Gasteiger partial charge in [0.1, 0.15) is 0 Å². The molecule has 0 aromatic carbocycles. The lowest BCUT2D eigenvalue weighted by molar-refractivity contribution is 0.506. The van der Waals surface area contributed by atoms with Crippen molar-refractivity contribution in [1.82, 2.24) is 14.1 Å². The first kappa shape index (κ1) is 10.8. The lowest BCUT2D eigenvalue weighted by Gasteiger charge is -2.09. The topological polar surface area (TPSA) is 39.8 Å². The van der Waals surface area contributed by atoms with E-state index in [1.54, 1.807) is 23.9 Å². The van der Waals surface area contributed by atoms with E-state index in [4.69, 9.17) is 11.6 Å². The molecule has 3 rings (SSSR count). The molecule has 2 aromatic heterocycles. The summed E-state index contributed by atoms with van der Waals surface area (Å²) in [5.74, 6) is 0. The number of hydrogen-bond donors (Lipinski definition) is 0. The number of imidazole rings is 1. The van der Waals surface area contributed by atoms with E-state index in [1.165, 1.54) is 12.8 Å². The summed E-state index contributed by atoms with van der Waals surface area (Å²) in [6, 6.07) is 2.11. The molecule has 4 nitrogen and oxygen atoms in total. The molecule has 0 aliphatic heterocycles. The molecule has 90 valence electrons. The number of nitrogens with zero attached hydrogens (tertiary/aromatic N) is 3. The lowest BCUT2D eigenvalue weighted by atomic mass is 10.2. The third-order valence-electron chi connectivity index (χ3n) is 3.59. The molecule has 0 bridgehead atoms. The molecule has 0 unspecified atom stereocenters. The maximum Gasteiger partial charge on any atom is 0.330 e. The summed E-state index contributed by atoms with van der Waals surface area (Å²) in [5, 5.41) is 0.566. The second kappa shape index (κ2) is 3.88. The van der Waals surface area contributed by atoms with Gasteiger partial charge in [0.25, 0.3) is 0 Å². The number of fused-ring (bicyclic) bond motifs is 1. The van der Waals surface area contributed by atoms with Crippen LogP contribution in [0.5, 0.6) is 0 Å². The normalized spacial score (nSPS) is 17.1. The molecule has 1 fully saturated rings. The van der Waals surface area contributed by atoms with Gasteiger partial charge in [-0.15, -0.1) is 0 Å². The first-order chi connectivity index (χ1) is 8.18. The van der Waals surface area contributed by atoms with E-state index in [9.17, 15) is 4.79 Å². The fraction of sp³-hybridized carbons (Fsp3) is 0.500. The van der Waals surface area contributed by atoms with Crippen LogP contribution in [0.4, 0.5) is 0 Å². The van der Waals surface area contributed by atoms with Crippen LogP contribution in [0, 0.1) is 0 Å². The molecular formula is C12H14ClN3O. The molecule has 0 N–H and O–H groups in total. The summed E-state index contributed by atoms with van der Waals surface area (Å²) >= 11 is 5.92. The zero-order valence-electron chi connectivity index (χ0n) is 9.69. The van der Waals surface area contributed by atoms with E-state index in [1.807, 2.05) is 4.57 Å². The molecule has 0 amide bonds. The van der Waals surface area contributed by atoms with Crippen LogP contribution in [0.25, 0.3) is 11.2 Å². The minimum Gasteiger partial charge on any atom is -0.293 e. The smallest absolute Gasteiger partial charge is 0.293 e. The van der Waals surface area contributed by atoms with E-state index in [-0.39, 0.29) is 5.69 Å². The summed E-state index contributed by atoms with van der Waals surface area (Å²) in [5.41, 5.74) is 1.59. The average molecular weight is 252 g/mol. The van der Waals surface area contributed by atoms with Gasteiger partial charge in [0.15, 0.2) is 5.65 Å². The predicted octanol–water partition coefficient (Wildman–Crippen LogP) is 2.50. The van der Waals surface area contributed by atoms with Gasteiger partial charge in [-0.2, -0.15) is 0 Å². The summed E-state index contributed by atoms with van der Waals surface area (Å²) < 4.78 is 3.46. The van der Waals surface area contributed by atoms with E-state index < -0.39 is 0 Å². The van der Waals surface area contributed by atoms with Gasteiger partial charge in [0.05, 0.1) is 10.5 Å². The average Bonchev–Trinajstić information content (AvgIpc) is 2.90. The molecule has 1 aliphatic carbocycles.